The van der Waals surface area contributed by atoms with Crippen molar-refractivity contribution in [3.63, 3.8) is 0 Å². The van der Waals surface area contributed by atoms with Crippen LogP contribution in [0.25, 0.3) is 5.00 Å². The molecule has 1 aromatic carbocycles. The van der Waals surface area contributed by atoms with Crippen LogP contribution in [0.3, 0.4) is 0 Å². The van der Waals surface area contributed by atoms with E-state index < -0.39 is 0 Å². The van der Waals surface area contributed by atoms with E-state index in [1.54, 1.807) is 7.11 Å². The minimum atomic E-state index is 0.517. The Labute approximate surface area is 195 Å². The van der Waals surface area contributed by atoms with Crippen molar-refractivity contribution >= 4 is 17.0 Å². The highest BCUT2D eigenvalue weighted by molar-refractivity contribution is 7.15. The number of aliphatic imine (C=N–C) groups is 1. The Morgan fingerprint density at radius 2 is 1.72 bits per heavy atom. The summed E-state index contributed by atoms with van der Waals surface area (Å²) in [6.45, 7) is 4.81. The average Bonchev–Trinajstić information content (AvgIpc) is 3.35. The van der Waals surface area contributed by atoms with Crippen LogP contribution in [0.1, 0.15) is 85.9 Å². The molecule has 32 heavy (non-hydrogen) atoms. The monoisotopic (exact) mass is 450 g/mol. The second kappa shape index (κ2) is 10.9. The molecule has 0 saturated carbocycles. The zero-order chi connectivity index (χ0) is 22.3. The van der Waals surface area contributed by atoms with Gasteiger partial charge in [0, 0.05) is 16.0 Å². The van der Waals surface area contributed by atoms with E-state index in [4.69, 9.17) is 9.73 Å². The molecule has 3 heterocycles. The van der Waals surface area contributed by atoms with Gasteiger partial charge in [0.2, 0.25) is 0 Å². The molecule has 0 fully saturated rings. The van der Waals surface area contributed by atoms with Crippen LogP contribution in [-0.2, 0) is 13.0 Å². The highest BCUT2D eigenvalue weighted by Crippen LogP contribution is 2.35. The normalized spacial score (nSPS) is 12.8. The summed E-state index contributed by atoms with van der Waals surface area (Å²) in [5.74, 6) is 2.66. The zero-order valence-electron chi connectivity index (χ0n) is 19.6. The fourth-order valence-corrected chi connectivity index (χ4v) is 5.67. The average molecular weight is 451 g/mol. The molecular formula is C26H34N4OS. The van der Waals surface area contributed by atoms with Gasteiger partial charge >= 0.3 is 0 Å². The van der Waals surface area contributed by atoms with Crippen LogP contribution in [0, 0.1) is 6.92 Å². The van der Waals surface area contributed by atoms with Crippen molar-refractivity contribution in [2.24, 2.45) is 4.99 Å². The van der Waals surface area contributed by atoms with Gasteiger partial charge in [0.05, 0.1) is 12.8 Å². The number of ether oxygens (including phenoxy) is 1. The summed E-state index contributed by atoms with van der Waals surface area (Å²) >= 11 is 1.86. The third-order valence-electron chi connectivity index (χ3n) is 6.13. The molecular weight excluding hydrogens is 416 g/mol. The van der Waals surface area contributed by atoms with E-state index in [1.807, 2.05) is 36.5 Å². The molecule has 1 aliphatic rings. The molecule has 1 aliphatic heterocycles. The lowest BCUT2D eigenvalue weighted by atomic mass is 10.0. The molecule has 3 aromatic rings. The number of aromatic nitrogens is 3. The third kappa shape index (κ3) is 4.96. The highest BCUT2D eigenvalue weighted by atomic mass is 32.1. The first-order chi connectivity index (χ1) is 15.7. The SMILES string of the molecule is CCCCCCCCCCc1cc2c(s1)-n1c(C)nnc1CN=C2c1ccccc1OC. The third-order valence-corrected chi connectivity index (χ3v) is 7.31. The number of fused-ring (bicyclic) bond motifs is 3. The molecule has 0 spiro atoms. The second-order valence-electron chi connectivity index (χ2n) is 8.52. The molecule has 0 amide bonds. The van der Waals surface area contributed by atoms with Crippen LogP contribution < -0.4 is 4.74 Å². The van der Waals surface area contributed by atoms with Gasteiger partial charge < -0.3 is 4.74 Å². The van der Waals surface area contributed by atoms with E-state index in [-0.39, 0.29) is 0 Å². The van der Waals surface area contributed by atoms with Gasteiger partial charge in [-0.1, -0.05) is 64.0 Å². The molecule has 0 radical (unpaired) electrons. The van der Waals surface area contributed by atoms with Crippen molar-refractivity contribution in [3.05, 3.63) is 58.0 Å². The summed E-state index contributed by atoms with van der Waals surface area (Å²) in [6.07, 6.45) is 11.8. The Balaban J connectivity index is 1.54. The Hall–Kier alpha value is -2.47. The molecule has 0 aliphatic carbocycles. The van der Waals surface area contributed by atoms with Gasteiger partial charge in [0.25, 0.3) is 0 Å². The molecule has 0 saturated heterocycles. The first kappa shape index (κ1) is 22.7. The van der Waals surface area contributed by atoms with Crippen LogP contribution in [0.2, 0.25) is 0 Å². The van der Waals surface area contributed by atoms with Crippen molar-refractivity contribution in [3.8, 4) is 10.8 Å². The van der Waals surface area contributed by atoms with E-state index in [9.17, 15) is 0 Å². The van der Waals surface area contributed by atoms with Crippen LogP contribution >= 0.6 is 11.3 Å². The number of rotatable bonds is 11. The van der Waals surface area contributed by atoms with Gasteiger partial charge in [-0.2, -0.15) is 0 Å². The molecule has 4 rings (SSSR count). The Morgan fingerprint density at radius 3 is 2.50 bits per heavy atom. The van der Waals surface area contributed by atoms with E-state index in [0.29, 0.717) is 6.54 Å². The van der Waals surface area contributed by atoms with Crippen molar-refractivity contribution in [1.82, 2.24) is 14.8 Å². The standard InChI is InChI=1S/C26H34N4OS/c1-4-5-6-7-8-9-10-11-14-20-17-22-25(21-15-12-13-16-23(21)31-3)27-18-24-29-28-19(2)30(24)26(22)32-20/h12-13,15-17H,4-11,14,18H2,1-3H3. The van der Waals surface area contributed by atoms with Crippen LogP contribution in [0.4, 0.5) is 0 Å². The van der Waals surface area contributed by atoms with Crippen molar-refractivity contribution in [1.29, 1.82) is 0 Å². The lowest BCUT2D eigenvalue weighted by Gasteiger charge is -2.11. The summed E-state index contributed by atoms with van der Waals surface area (Å²) < 4.78 is 7.84. The van der Waals surface area contributed by atoms with Crippen LogP contribution in [0.5, 0.6) is 5.75 Å². The first-order valence-electron chi connectivity index (χ1n) is 11.9. The second-order valence-corrected chi connectivity index (χ2v) is 9.64. The maximum absolute atomic E-state index is 5.66. The largest absolute Gasteiger partial charge is 0.496 e. The number of unbranched alkanes of at least 4 members (excludes halogenated alkanes) is 7. The predicted octanol–water partition coefficient (Wildman–Crippen LogP) is 6.68. The molecule has 2 aromatic heterocycles. The minimum Gasteiger partial charge on any atom is -0.496 e. The Kier molecular flexibility index (Phi) is 7.74. The minimum absolute atomic E-state index is 0.517. The number of thiophene rings is 1. The molecule has 0 unspecified atom stereocenters. The highest BCUT2D eigenvalue weighted by Gasteiger charge is 2.25. The van der Waals surface area contributed by atoms with Crippen LogP contribution in [-0.4, -0.2) is 27.6 Å². The Bertz CT molecular complexity index is 1070. The molecule has 0 bridgehead atoms. The fourth-order valence-electron chi connectivity index (χ4n) is 4.40. The maximum Gasteiger partial charge on any atom is 0.160 e. The van der Waals surface area contributed by atoms with Crippen molar-refractivity contribution in [2.75, 3.05) is 7.11 Å². The quantitative estimate of drug-likeness (QED) is 0.306. The topological polar surface area (TPSA) is 52.3 Å². The predicted molar refractivity (Wildman–Crippen MR) is 133 cm³/mol. The number of benzene rings is 1. The van der Waals surface area contributed by atoms with Crippen molar-refractivity contribution < 1.29 is 4.74 Å². The van der Waals surface area contributed by atoms with E-state index >= 15 is 0 Å². The zero-order valence-corrected chi connectivity index (χ0v) is 20.4. The summed E-state index contributed by atoms with van der Waals surface area (Å²) in [6, 6.07) is 10.5. The molecule has 6 heteroatoms. The maximum atomic E-state index is 5.66. The number of methoxy groups -OCH3 is 1. The Morgan fingerprint density at radius 1 is 0.969 bits per heavy atom. The number of aryl methyl sites for hydroxylation is 2. The van der Waals surface area contributed by atoms with E-state index in [0.717, 1.165) is 40.7 Å². The van der Waals surface area contributed by atoms with Gasteiger partial charge in [-0.3, -0.25) is 9.56 Å². The smallest absolute Gasteiger partial charge is 0.160 e. The molecule has 170 valence electrons. The van der Waals surface area contributed by atoms with E-state index in [1.165, 1.54) is 61.2 Å². The summed E-state index contributed by atoms with van der Waals surface area (Å²) in [5.41, 5.74) is 3.18. The first-order valence-corrected chi connectivity index (χ1v) is 12.8. The number of nitrogens with zero attached hydrogens (tertiary/aromatic N) is 4. The van der Waals surface area contributed by atoms with Gasteiger partial charge in [0.1, 0.15) is 23.1 Å². The van der Waals surface area contributed by atoms with Gasteiger partial charge in [-0.15, -0.1) is 21.5 Å². The van der Waals surface area contributed by atoms with E-state index in [2.05, 4.69) is 33.8 Å². The van der Waals surface area contributed by atoms with Gasteiger partial charge in [-0.25, -0.2) is 0 Å². The number of para-hydroxylation sites is 1. The summed E-state index contributed by atoms with van der Waals surface area (Å²) in [5, 5.41) is 9.90. The molecule has 0 atom stereocenters. The van der Waals surface area contributed by atoms with Crippen LogP contribution in [0.15, 0.2) is 35.3 Å². The molecule has 5 nitrogen and oxygen atoms in total. The summed E-state index contributed by atoms with van der Waals surface area (Å²) in [7, 11) is 1.72. The number of hydrogen-bond acceptors (Lipinski definition) is 5. The summed E-state index contributed by atoms with van der Waals surface area (Å²) in [4.78, 5) is 6.38. The lowest BCUT2D eigenvalue weighted by molar-refractivity contribution is 0.414. The lowest BCUT2D eigenvalue weighted by Crippen LogP contribution is -2.07. The van der Waals surface area contributed by atoms with Gasteiger partial charge in [-0.05, 0) is 38.0 Å². The fraction of sp³-hybridized carbons (Fsp3) is 0.500. The number of hydrogen-bond donors (Lipinski definition) is 0. The molecule has 0 N–H and O–H groups in total. The van der Waals surface area contributed by atoms with Gasteiger partial charge in [0.15, 0.2) is 5.82 Å². The van der Waals surface area contributed by atoms with Crippen molar-refractivity contribution in [2.45, 2.75) is 78.2 Å².